The molecule has 1 rings (SSSR count). The van der Waals surface area contributed by atoms with Crippen LogP contribution in [0.15, 0.2) is 18.2 Å². The van der Waals surface area contributed by atoms with Crippen LogP contribution < -0.4 is 4.90 Å². The van der Waals surface area contributed by atoms with Crippen LogP contribution in [0.3, 0.4) is 0 Å². The first-order valence-corrected chi connectivity index (χ1v) is 6.60. The van der Waals surface area contributed by atoms with Crippen molar-refractivity contribution < 1.29 is 4.39 Å². The average molecular weight is 248 g/mol. The number of anilines is 1. The van der Waals surface area contributed by atoms with Crippen LogP contribution in [-0.2, 0) is 0 Å². The first-order valence-electron chi connectivity index (χ1n) is 6.60. The highest BCUT2D eigenvalue weighted by Gasteiger charge is 2.14. The Morgan fingerprint density at radius 2 is 1.94 bits per heavy atom. The molecule has 2 nitrogen and oxygen atoms in total. The molecule has 0 aliphatic carbocycles. The number of nitriles is 1. The molecule has 0 heterocycles. The summed E-state index contributed by atoms with van der Waals surface area (Å²) in [4.78, 5) is 2.05. The Labute approximate surface area is 109 Å². The third-order valence-electron chi connectivity index (χ3n) is 3.43. The van der Waals surface area contributed by atoms with Gasteiger partial charge in [0.15, 0.2) is 0 Å². The molecule has 0 spiro atoms. The van der Waals surface area contributed by atoms with E-state index in [-0.39, 0.29) is 5.82 Å². The number of halogens is 1. The maximum absolute atomic E-state index is 13.9. The van der Waals surface area contributed by atoms with Gasteiger partial charge < -0.3 is 4.90 Å². The zero-order chi connectivity index (χ0) is 13.5. The molecule has 0 unspecified atom stereocenters. The molecule has 0 aromatic heterocycles. The van der Waals surface area contributed by atoms with Crippen molar-refractivity contribution in [2.45, 2.75) is 33.6 Å². The number of hydrogen-bond acceptors (Lipinski definition) is 2. The summed E-state index contributed by atoms with van der Waals surface area (Å²) in [6, 6.07) is 6.65. The van der Waals surface area contributed by atoms with Gasteiger partial charge in [-0.15, -0.1) is 0 Å². The zero-order valence-electron chi connectivity index (χ0n) is 11.4. The summed E-state index contributed by atoms with van der Waals surface area (Å²) >= 11 is 0. The fraction of sp³-hybridized carbons (Fsp3) is 0.533. The summed E-state index contributed by atoms with van der Waals surface area (Å²) in [5, 5.41) is 8.74. The van der Waals surface area contributed by atoms with Crippen molar-refractivity contribution in [3.05, 3.63) is 29.6 Å². The van der Waals surface area contributed by atoms with Gasteiger partial charge in [-0.25, -0.2) is 4.39 Å². The summed E-state index contributed by atoms with van der Waals surface area (Å²) in [5.41, 5.74) is 0.971. The monoisotopic (exact) mass is 248 g/mol. The van der Waals surface area contributed by atoms with E-state index in [1.54, 1.807) is 12.1 Å². The Hall–Kier alpha value is -1.56. The first kappa shape index (κ1) is 14.5. The molecule has 0 aliphatic heterocycles. The SMILES string of the molecule is CCC(CC)CN(CC)c1ccc(C#N)cc1F. The lowest BCUT2D eigenvalue weighted by Gasteiger charge is -2.27. The molecule has 0 aliphatic rings. The summed E-state index contributed by atoms with van der Waals surface area (Å²) < 4.78 is 13.9. The Morgan fingerprint density at radius 1 is 1.28 bits per heavy atom. The molecular formula is C15H21FN2. The van der Waals surface area contributed by atoms with Crippen molar-refractivity contribution in [3.8, 4) is 6.07 Å². The van der Waals surface area contributed by atoms with Gasteiger partial charge in [0, 0.05) is 13.1 Å². The molecule has 0 fully saturated rings. The Bertz CT molecular complexity index is 419. The number of nitrogens with zero attached hydrogens (tertiary/aromatic N) is 2. The van der Waals surface area contributed by atoms with Crippen LogP contribution in [0.1, 0.15) is 39.2 Å². The van der Waals surface area contributed by atoms with Crippen molar-refractivity contribution in [2.24, 2.45) is 5.92 Å². The molecule has 1 aromatic rings. The fourth-order valence-electron chi connectivity index (χ4n) is 2.09. The third kappa shape index (κ3) is 3.46. The van der Waals surface area contributed by atoms with Crippen LogP contribution in [0.25, 0.3) is 0 Å². The van der Waals surface area contributed by atoms with Crippen LogP contribution in [-0.4, -0.2) is 13.1 Å². The Balaban J connectivity index is 2.92. The van der Waals surface area contributed by atoms with Crippen LogP contribution >= 0.6 is 0 Å². The molecule has 98 valence electrons. The maximum atomic E-state index is 13.9. The van der Waals surface area contributed by atoms with E-state index in [0.29, 0.717) is 17.2 Å². The van der Waals surface area contributed by atoms with Gasteiger partial charge in [-0.2, -0.15) is 5.26 Å². The van der Waals surface area contributed by atoms with Gasteiger partial charge in [0.05, 0.1) is 17.3 Å². The van der Waals surface area contributed by atoms with Crippen molar-refractivity contribution in [2.75, 3.05) is 18.0 Å². The van der Waals surface area contributed by atoms with Crippen LogP contribution in [0.2, 0.25) is 0 Å². The van der Waals surface area contributed by atoms with Gasteiger partial charge in [0.1, 0.15) is 5.82 Å². The van der Waals surface area contributed by atoms with Gasteiger partial charge in [0.25, 0.3) is 0 Å². The second kappa shape index (κ2) is 7.00. The average Bonchev–Trinajstić information content (AvgIpc) is 2.41. The topological polar surface area (TPSA) is 27.0 Å². The molecule has 0 saturated carbocycles. The lowest BCUT2D eigenvalue weighted by Crippen LogP contribution is -2.29. The third-order valence-corrected chi connectivity index (χ3v) is 3.43. The van der Waals surface area contributed by atoms with E-state index in [1.165, 1.54) is 6.07 Å². The standard InChI is InChI=1S/C15H21FN2/c1-4-12(5-2)11-18(6-3)15-8-7-13(10-17)9-14(15)16/h7-9,12H,4-6,11H2,1-3H3. The second-order valence-electron chi connectivity index (χ2n) is 4.50. The minimum Gasteiger partial charge on any atom is -0.369 e. The second-order valence-corrected chi connectivity index (χ2v) is 4.50. The van der Waals surface area contributed by atoms with E-state index in [2.05, 4.69) is 13.8 Å². The lowest BCUT2D eigenvalue weighted by molar-refractivity contribution is 0.482. The number of hydrogen-bond donors (Lipinski definition) is 0. The quantitative estimate of drug-likeness (QED) is 0.762. The number of benzene rings is 1. The molecular weight excluding hydrogens is 227 g/mol. The molecule has 0 atom stereocenters. The van der Waals surface area contributed by atoms with E-state index in [0.717, 1.165) is 25.9 Å². The molecule has 18 heavy (non-hydrogen) atoms. The molecule has 1 aromatic carbocycles. The number of rotatable bonds is 6. The zero-order valence-corrected chi connectivity index (χ0v) is 11.4. The maximum Gasteiger partial charge on any atom is 0.147 e. The van der Waals surface area contributed by atoms with E-state index >= 15 is 0 Å². The predicted molar refractivity (Wildman–Crippen MR) is 73.1 cm³/mol. The molecule has 0 N–H and O–H groups in total. The molecule has 0 amide bonds. The molecule has 3 heteroatoms. The summed E-state index contributed by atoms with van der Waals surface area (Å²) in [6.07, 6.45) is 2.20. The molecule has 0 radical (unpaired) electrons. The smallest absolute Gasteiger partial charge is 0.147 e. The highest BCUT2D eigenvalue weighted by molar-refractivity contribution is 5.51. The summed E-state index contributed by atoms with van der Waals surface area (Å²) in [6.45, 7) is 8.00. The van der Waals surface area contributed by atoms with Crippen molar-refractivity contribution in [3.63, 3.8) is 0 Å². The van der Waals surface area contributed by atoms with Crippen LogP contribution in [0.4, 0.5) is 10.1 Å². The highest BCUT2D eigenvalue weighted by Crippen LogP contribution is 2.22. The minimum atomic E-state index is -0.304. The predicted octanol–water partition coefficient (Wildman–Crippen LogP) is 3.96. The van der Waals surface area contributed by atoms with Gasteiger partial charge in [-0.05, 0) is 31.0 Å². The fourth-order valence-corrected chi connectivity index (χ4v) is 2.09. The largest absolute Gasteiger partial charge is 0.369 e. The van der Waals surface area contributed by atoms with Crippen LogP contribution in [0, 0.1) is 23.1 Å². The highest BCUT2D eigenvalue weighted by atomic mass is 19.1. The lowest BCUT2D eigenvalue weighted by atomic mass is 10.0. The molecule has 0 bridgehead atoms. The minimum absolute atomic E-state index is 0.304. The normalized spacial score (nSPS) is 10.4. The van der Waals surface area contributed by atoms with Gasteiger partial charge >= 0.3 is 0 Å². The van der Waals surface area contributed by atoms with Gasteiger partial charge in [0.2, 0.25) is 0 Å². The first-order chi connectivity index (χ1) is 8.65. The van der Waals surface area contributed by atoms with Gasteiger partial charge in [-0.1, -0.05) is 26.7 Å². The van der Waals surface area contributed by atoms with E-state index < -0.39 is 0 Å². The van der Waals surface area contributed by atoms with Crippen molar-refractivity contribution in [1.29, 1.82) is 5.26 Å². The van der Waals surface area contributed by atoms with E-state index in [1.807, 2.05) is 17.9 Å². The van der Waals surface area contributed by atoms with Gasteiger partial charge in [-0.3, -0.25) is 0 Å². The Kier molecular flexibility index (Phi) is 5.64. The summed E-state index contributed by atoms with van der Waals surface area (Å²) in [7, 11) is 0. The van der Waals surface area contributed by atoms with E-state index in [4.69, 9.17) is 5.26 Å². The van der Waals surface area contributed by atoms with Crippen LogP contribution in [0.5, 0.6) is 0 Å². The Morgan fingerprint density at radius 3 is 2.39 bits per heavy atom. The molecule has 0 saturated heterocycles. The summed E-state index contributed by atoms with van der Waals surface area (Å²) in [5.74, 6) is 0.279. The van der Waals surface area contributed by atoms with E-state index in [9.17, 15) is 4.39 Å². The van der Waals surface area contributed by atoms with Crippen molar-refractivity contribution >= 4 is 5.69 Å². The van der Waals surface area contributed by atoms with Crippen molar-refractivity contribution in [1.82, 2.24) is 0 Å².